The second-order valence-corrected chi connectivity index (χ2v) is 10.3. The molecule has 4 saturated carbocycles. The van der Waals surface area contributed by atoms with E-state index in [1.165, 1.54) is 44.1 Å². The fraction of sp³-hybridized carbons (Fsp3) is 0.826. The molecule has 0 aromatic carbocycles. The summed E-state index contributed by atoms with van der Waals surface area (Å²) in [6.07, 6.45) is 12.8. The van der Waals surface area contributed by atoms with Gasteiger partial charge in [0.2, 0.25) is 0 Å². The van der Waals surface area contributed by atoms with Crippen LogP contribution in [0.5, 0.6) is 0 Å². The number of allylic oxidation sites excluding steroid dienone is 1. The highest BCUT2D eigenvalue weighted by molar-refractivity contribution is 5.91. The Bertz CT molecular complexity index is 683. The second-order valence-electron chi connectivity index (χ2n) is 10.3. The van der Waals surface area contributed by atoms with Crippen molar-refractivity contribution in [2.75, 3.05) is 0 Å². The van der Waals surface area contributed by atoms with E-state index in [1.54, 1.807) is 0 Å². The van der Waals surface area contributed by atoms with Crippen LogP contribution < -0.4 is 0 Å². The summed E-state index contributed by atoms with van der Waals surface area (Å²) in [7, 11) is 0. The van der Waals surface area contributed by atoms with Gasteiger partial charge in [0.25, 0.3) is 0 Å². The van der Waals surface area contributed by atoms with Gasteiger partial charge in [-0.3, -0.25) is 4.79 Å². The molecule has 1 unspecified atom stereocenters. The summed E-state index contributed by atoms with van der Waals surface area (Å²) in [6.45, 7) is 4.69. The van der Waals surface area contributed by atoms with Gasteiger partial charge < -0.3 is 0 Å². The minimum Gasteiger partial charge on any atom is -0.295 e. The van der Waals surface area contributed by atoms with Gasteiger partial charge in [0.15, 0.2) is 5.78 Å². The molecule has 0 heterocycles. The van der Waals surface area contributed by atoms with E-state index < -0.39 is 0 Å². The topological polar surface area (TPSA) is 40.9 Å². The minimum absolute atomic E-state index is 0.130. The van der Waals surface area contributed by atoms with Crippen molar-refractivity contribution in [2.45, 2.75) is 71.6 Å². The molecule has 0 radical (unpaired) electrons. The standard InChI is InChI=1S/C23H31NO/c1-22(13-24)9-8-20-21-18(7-10-23(20,22)2)17-6-5-16(25)11-15(17)12-19(21)14-3-4-14/h11,14,17-21H,3-10,12H2,1-2H3/t17-,18+,19-,20?,21-,22+,23-/m0/s1. The van der Waals surface area contributed by atoms with Crippen LogP contribution in [0, 0.1) is 57.7 Å². The fourth-order valence-electron chi connectivity index (χ4n) is 7.74. The van der Waals surface area contributed by atoms with E-state index >= 15 is 0 Å². The van der Waals surface area contributed by atoms with Crippen LogP contribution >= 0.6 is 0 Å². The number of hydrogen-bond donors (Lipinski definition) is 0. The van der Waals surface area contributed by atoms with Gasteiger partial charge in [0, 0.05) is 6.42 Å². The van der Waals surface area contributed by atoms with Gasteiger partial charge in [-0.25, -0.2) is 0 Å². The number of hydrogen-bond acceptors (Lipinski definition) is 2. The maximum absolute atomic E-state index is 12.0. The van der Waals surface area contributed by atoms with Crippen molar-refractivity contribution in [3.05, 3.63) is 11.6 Å². The van der Waals surface area contributed by atoms with Crippen molar-refractivity contribution in [1.29, 1.82) is 5.26 Å². The largest absolute Gasteiger partial charge is 0.295 e. The first-order valence-corrected chi connectivity index (χ1v) is 10.6. The third kappa shape index (κ3) is 2.11. The Balaban J connectivity index is 1.55. The highest BCUT2D eigenvalue weighted by Gasteiger charge is 2.63. The average Bonchev–Trinajstić information content (AvgIpc) is 3.40. The normalized spacial score (nSPS) is 51.8. The van der Waals surface area contributed by atoms with E-state index in [0.29, 0.717) is 11.7 Å². The van der Waals surface area contributed by atoms with Crippen molar-refractivity contribution in [2.24, 2.45) is 46.3 Å². The summed E-state index contributed by atoms with van der Waals surface area (Å²) in [5.74, 6) is 5.09. The predicted octanol–water partition coefficient (Wildman–Crippen LogP) is 5.29. The van der Waals surface area contributed by atoms with E-state index in [4.69, 9.17) is 0 Å². The molecule has 5 aliphatic rings. The molecule has 0 spiro atoms. The van der Waals surface area contributed by atoms with E-state index in [0.717, 1.165) is 48.9 Å². The Morgan fingerprint density at radius 1 is 1.08 bits per heavy atom. The van der Waals surface area contributed by atoms with Crippen molar-refractivity contribution >= 4 is 5.78 Å². The van der Waals surface area contributed by atoms with Gasteiger partial charge in [0.05, 0.1) is 11.5 Å². The minimum atomic E-state index is -0.130. The summed E-state index contributed by atoms with van der Waals surface area (Å²) < 4.78 is 0. The van der Waals surface area contributed by atoms with Crippen molar-refractivity contribution in [1.82, 2.24) is 0 Å². The van der Waals surface area contributed by atoms with Crippen molar-refractivity contribution in [3.8, 4) is 6.07 Å². The van der Waals surface area contributed by atoms with E-state index in [-0.39, 0.29) is 10.8 Å². The van der Waals surface area contributed by atoms with Crippen LogP contribution in [0.25, 0.3) is 0 Å². The number of fused-ring (bicyclic) bond motifs is 5. The molecule has 0 aromatic rings. The lowest BCUT2D eigenvalue weighted by Gasteiger charge is -2.57. The van der Waals surface area contributed by atoms with Gasteiger partial charge in [0.1, 0.15) is 0 Å². The third-order valence-electron chi connectivity index (χ3n) is 9.47. The molecule has 5 rings (SSSR count). The molecule has 5 aliphatic carbocycles. The van der Waals surface area contributed by atoms with Crippen molar-refractivity contribution in [3.63, 3.8) is 0 Å². The number of nitriles is 1. The Hall–Kier alpha value is -1.10. The summed E-state index contributed by atoms with van der Waals surface area (Å²) in [4.78, 5) is 12.0. The lowest BCUT2D eigenvalue weighted by Crippen LogP contribution is -2.52. The van der Waals surface area contributed by atoms with Gasteiger partial charge in [-0.15, -0.1) is 0 Å². The molecule has 25 heavy (non-hydrogen) atoms. The van der Waals surface area contributed by atoms with Crippen LogP contribution in [0.1, 0.15) is 71.6 Å². The fourth-order valence-corrected chi connectivity index (χ4v) is 7.74. The molecule has 7 atom stereocenters. The number of nitrogens with zero attached hydrogens (tertiary/aromatic N) is 1. The van der Waals surface area contributed by atoms with Gasteiger partial charge >= 0.3 is 0 Å². The number of ketones is 1. The molecule has 2 heteroatoms. The molecule has 0 N–H and O–H groups in total. The maximum Gasteiger partial charge on any atom is 0.155 e. The van der Waals surface area contributed by atoms with E-state index in [2.05, 4.69) is 19.9 Å². The summed E-state index contributed by atoms with van der Waals surface area (Å²) in [5.41, 5.74) is 1.59. The van der Waals surface area contributed by atoms with E-state index in [9.17, 15) is 10.1 Å². The lowest BCUT2D eigenvalue weighted by atomic mass is 9.46. The molecule has 2 nitrogen and oxygen atoms in total. The first kappa shape index (κ1) is 16.1. The molecular formula is C23H31NO. The van der Waals surface area contributed by atoms with Crippen LogP contribution in [-0.4, -0.2) is 5.78 Å². The summed E-state index contributed by atoms with van der Waals surface area (Å²) in [5, 5.41) is 9.93. The molecule has 0 bridgehead atoms. The predicted molar refractivity (Wildman–Crippen MR) is 97.4 cm³/mol. The first-order chi connectivity index (χ1) is 12.0. The van der Waals surface area contributed by atoms with Crippen LogP contribution in [0.2, 0.25) is 0 Å². The summed E-state index contributed by atoms with van der Waals surface area (Å²) in [6, 6.07) is 2.74. The van der Waals surface area contributed by atoms with Gasteiger partial charge in [-0.1, -0.05) is 12.5 Å². The van der Waals surface area contributed by atoms with Crippen LogP contribution in [0.4, 0.5) is 0 Å². The Labute approximate surface area is 152 Å². The summed E-state index contributed by atoms with van der Waals surface area (Å²) >= 11 is 0. The zero-order chi connectivity index (χ0) is 17.4. The number of rotatable bonds is 1. The van der Waals surface area contributed by atoms with Crippen LogP contribution in [-0.2, 0) is 4.79 Å². The zero-order valence-electron chi connectivity index (χ0n) is 15.8. The highest BCUT2D eigenvalue weighted by Crippen LogP contribution is 2.70. The Morgan fingerprint density at radius 2 is 1.88 bits per heavy atom. The molecule has 0 amide bonds. The molecule has 0 aliphatic heterocycles. The molecule has 4 fully saturated rings. The lowest BCUT2D eigenvalue weighted by molar-refractivity contribution is -0.116. The smallest absolute Gasteiger partial charge is 0.155 e. The SMILES string of the molecule is C[C@]1(C#N)CCC2[C@H]3[C@H](CC[C@@]21C)[C@H]1CCC(=O)C=C1C[C@H]3C1CC1. The number of carbonyl (C=O) groups excluding carboxylic acids is 1. The van der Waals surface area contributed by atoms with Crippen LogP contribution in [0.15, 0.2) is 11.6 Å². The zero-order valence-corrected chi connectivity index (χ0v) is 15.8. The second kappa shape index (κ2) is 5.21. The molecule has 0 aromatic heterocycles. The monoisotopic (exact) mass is 337 g/mol. The molecule has 0 saturated heterocycles. The highest BCUT2D eigenvalue weighted by atomic mass is 16.1. The van der Waals surface area contributed by atoms with E-state index in [1.807, 2.05) is 6.08 Å². The third-order valence-corrected chi connectivity index (χ3v) is 9.47. The molecule has 134 valence electrons. The first-order valence-electron chi connectivity index (χ1n) is 10.6. The van der Waals surface area contributed by atoms with Crippen LogP contribution in [0.3, 0.4) is 0 Å². The molecular weight excluding hydrogens is 306 g/mol. The van der Waals surface area contributed by atoms with Crippen molar-refractivity contribution < 1.29 is 4.79 Å². The average molecular weight is 338 g/mol. The number of carbonyl (C=O) groups is 1. The quantitative estimate of drug-likeness (QED) is 0.652. The van der Waals surface area contributed by atoms with Gasteiger partial charge in [-0.05, 0) is 105 Å². The van der Waals surface area contributed by atoms with Gasteiger partial charge in [-0.2, -0.15) is 5.26 Å². The maximum atomic E-state index is 12.0. The Kier molecular flexibility index (Phi) is 3.36. The Morgan fingerprint density at radius 3 is 2.60 bits per heavy atom.